The van der Waals surface area contributed by atoms with Gasteiger partial charge in [0.1, 0.15) is 11.6 Å². The summed E-state index contributed by atoms with van der Waals surface area (Å²) >= 11 is 0. The van der Waals surface area contributed by atoms with E-state index in [9.17, 15) is 8.78 Å². The van der Waals surface area contributed by atoms with Crippen LogP contribution in [-0.4, -0.2) is 26.9 Å². The molecule has 2 aromatic rings. The van der Waals surface area contributed by atoms with Gasteiger partial charge in [-0.25, -0.2) is 8.78 Å². The minimum Gasteiger partial charge on any atom is -0.423 e. The number of hydrogen-bond acceptors (Lipinski definition) is 3. The summed E-state index contributed by atoms with van der Waals surface area (Å²) in [5.74, 6) is -1.32. The topological polar surface area (TPSA) is 58.3 Å². The highest BCUT2D eigenvalue weighted by molar-refractivity contribution is 6.58. The second-order valence-electron chi connectivity index (χ2n) is 3.55. The predicted molar refractivity (Wildman–Crippen MR) is 57.5 cm³/mol. The third-order valence-electron chi connectivity index (χ3n) is 2.33. The minimum absolute atomic E-state index is 0.106. The van der Waals surface area contributed by atoms with Crippen molar-refractivity contribution in [3.63, 3.8) is 0 Å². The van der Waals surface area contributed by atoms with Gasteiger partial charge in [-0.3, -0.25) is 4.68 Å². The van der Waals surface area contributed by atoms with Crippen molar-refractivity contribution >= 4 is 12.6 Å². The molecule has 2 N–H and O–H groups in total. The maximum atomic E-state index is 13.3. The van der Waals surface area contributed by atoms with Crippen LogP contribution in [0, 0.1) is 11.6 Å². The molecule has 0 radical (unpaired) electrons. The molecule has 0 aliphatic carbocycles. The fraction of sp³-hybridized carbons (Fsp3) is 0.100. The Labute approximate surface area is 96.3 Å². The summed E-state index contributed by atoms with van der Waals surface area (Å²) in [5.41, 5.74) is 0.0522. The molecule has 0 aliphatic rings. The molecule has 1 aromatic carbocycles. The largest absolute Gasteiger partial charge is 0.491 e. The Morgan fingerprint density at radius 1 is 1.24 bits per heavy atom. The number of nitrogens with zero attached hydrogens (tertiary/aromatic N) is 2. The SMILES string of the molecule is OB(O)c1cnn(Cc2c(F)cccc2F)c1. The van der Waals surface area contributed by atoms with Gasteiger partial charge in [-0.05, 0) is 12.1 Å². The quantitative estimate of drug-likeness (QED) is 0.733. The third kappa shape index (κ3) is 2.51. The molecule has 0 unspecified atom stereocenters. The summed E-state index contributed by atoms with van der Waals surface area (Å²) in [7, 11) is -1.64. The summed E-state index contributed by atoms with van der Waals surface area (Å²) in [5, 5.41) is 21.5. The second-order valence-corrected chi connectivity index (χ2v) is 3.55. The maximum absolute atomic E-state index is 13.3. The Bertz CT molecular complexity index is 511. The molecule has 1 aromatic heterocycles. The molecule has 0 aliphatic heterocycles. The third-order valence-corrected chi connectivity index (χ3v) is 2.33. The van der Waals surface area contributed by atoms with Gasteiger partial charge in [0.25, 0.3) is 0 Å². The predicted octanol–water partition coefficient (Wildman–Crippen LogP) is -0.111. The van der Waals surface area contributed by atoms with Crippen molar-refractivity contribution in [2.75, 3.05) is 0 Å². The van der Waals surface area contributed by atoms with Gasteiger partial charge < -0.3 is 10.0 Å². The van der Waals surface area contributed by atoms with Crippen LogP contribution in [0.1, 0.15) is 5.56 Å². The van der Waals surface area contributed by atoms with Crippen molar-refractivity contribution in [2.24, 2.45) is 0 Å². The maximum Gasteiger partial charge on any atom is 0.491 e. The van der Waals surface area contributed by atoms with E-state index >= 15 is 0 Å². The Morgan fingerprint density at radius 2 is 1.88 bits per heavy atom. The molecular formula is C10H9BF2N2O2. The zero-order chi connectivity index (χ0) is 12.4. The van der Waals surface area contributed by atoms with E-state index in [1.165, 1.54) is 23.1 Å². The van der Waals surface area contributed by atoms with E-state index in [1.807, 2.05) is 0 Å². The zero-order valence-electron chi connectivity index (χ0n) is 8.72. The first-order valence-electron chi connectivity index (χ1n) is 4.89. The molecule has 4 nitrogen and oxygen atoms in total. The summed E-state index contributed by atoms with van der Waals surface area (Å²) < 4.78 is 27.9. The molecule has 17 heavy (non-hydrogen) atoms. The molecule has 0 saturated carbocycles. The van der Waals surface area contributed by atoms with Gasteiger partial charge in [-0.15, -0.1) is 0 Å². The minimum atomic E-state index is -1.64. The van der Waals surface area contributed by atoms with E-state index in [0.717, 1.165) is 12.1 Å². The first kappa shape index (κ1) is 11.8. The van der Waals surface area contributed by atoms with Crippen molar-refractivity contribution < 1.29 is 18.8 Å². The number of aromatic nitrogens is 2. The van der Waals surface area contributed by atoms with Crippen LogP contribution < -0.4 is 5.46 Å². The summed E-state index contributed by atoms with van der Waals surface area (Å²) in [6.07, 6.45) is 2.54. The first-order chi connectivity index (χ1) is 8.08. The summed E-state index contributed by atoms with van der Waals surface area (Å²) in [6, 6.07) is 3.59. The Morgan fingerprint density at radius 3 is 2.41 bits per heavy atom. The van der Waals surface area contributed by atoms with Gasteiger partial charge in [0.15, 0.2) is 0 Å². The van der Waals surface area contributed by atoms with E-state index in [2.05, 4.69) is 5.10 Å². The molecule has 0 spiro atoms. The number of hydrogen-bond donors (Lipinski definition) is 2. The second kappa shape index (κ2) is 4.64. The van der Waals surface area contributed by atoms with Gasteiger partial charge in [0.2, 0.25) is 0 Å². The lowest BCUT2D eigenvalue weighted by molar-refractivity contribution is 0.425. The van der Waals surface area contributed by atoms with Crippen molar-refractivity contribution in [1.29, 1.82) is 0 Å². The van der Waals surface area contributed by atoms with Crippen molar-refractivity contribution in [1.82, 2.24) is 9.78 Å². The average molecular weight is 238 g/mol. The normalized spacial score (nSPS) is 10.6. The lowest BCUT2D eigenvalue weighted by Gasteiger charge is -2.04. The zero-order valence-corrected chi connectivity index (χ0v) is 8.72. The Hall–Kier alpha value is -1.73. The first-order valence-corrected chi connectivity index (χ1v) is 4.89. The summed E-state index contributed by atoms with van der Waals surface area (Å²) in [6.45, 7) is -0.106. The molecular weight excluding hydrogens is 229 g/mol. The Balaban J connectivity index is 2.25. The van der Waals surface area contributed by atoms with E-state index in [0.29, 0.717) is 0 Å². The van der Waals surface area contributed by atoms with E-state index in [1.54, 1.807) is 0 Å². The van der Waals surface area contributed by atoms with Crippen LogP contribution in [0.5, 0.6) is 0 Å². The molecule has 1 heterocycles. The smallest absolute Gasteiger partial charge is 0.423 e. The van der Waals surface area contributed by atoms with Crippen molar-refractivity contribution in [3.8, 4) is 0 Å². The highest BCUT2D eigenvalue weighted by Gasteiger charge is 2.15. The molecule has 0 atom stereocenters. The molecule has 2 rings (SSSR count). The number of benzene rings is 1. The van der Waals surface area contributed by atoms with Crippen molar-refractivity contribution in [2.45, 2.75) is 6.54 Å². The van der Waals surface area contributed by atoms with Crippen molar-refractivity contribution in [3.05, 3.63) is 47.8 Å². The number of halogens is 2. The highest BCUT2D eigenvalue weighted by atomic mass is 19.1. The van der Waals surface area contributed by atoms with Crippen LogP contribution in [-0.2, 0) is 6.54 Å². The molecule has 0 fully saturated rings. The van der Waals surface area contributed by atoms with E-state index < -0.39 is 18.8 Å². The molecule has 0 saturated heterocycles. The van der Waals surface area contributed by atoms with Crippen LogP contribution in [0.3, 0.4) is 0 Å². The van der Waals surface area contributed by atoms with E-state index in [4.69, 9.17) is 10.0 Å². The van der Waals surface area contributed by atoms with E-state index in [-0.39, 0.29) is 17.6 Å². The lowest BCUT2D eigenvalue weighted by Crippen LogP contribution is -2.28. The van der Waals surface area contributed by atoms with Crippen LogP contribution in [0.4, 0.5) is 8.78 Å². The van der Waals surface area contributed by atoms with Gasteiger partial charge >= 0.3 is 7.12 Å². The van der Waals surface area contributed by atoms with Gasteiger partial charge in [-0.2, -0.15) is 5.10 Å². The molecule has 7 heteroatoms. The fourth-order valence-electron chi connectivity index (χ4n) is 1.44. The van der Waals surface area contributed by atoms with Gasteiger partial charge in [-0.1, -0.05) is 6.07 Å². The number of rotatable bonds is 3. The fourth-order valence-corrected chi connectivity index (χ4v) is 1.44. The van der Waals surface area contributed by atoms with Crippen LogP contribution >= 0.6 is 0 Å². The standard InChI is InChI=1S/C10H9BF2N2O2/c12-9-2-1-3-10(13)8(9)6-15-5-7(4-14-15)11(16)17/h1-5,16-17H,6H2. The van der Waals surface area contributed by atoms with Gasteiger partial charge in [0, 0.05) is 23.4 Å². The van der Waals surface area contributed by atoms with Crippen LogP contribution in [0.25, 0.3) is 0 Å². The molecule has 88 valence electrons. The Kier molecular flexibility index (Phi) is 3.21. The van der Waals surface area contributed by atoms with Gasteiger partial charge in [0.05, 0.1) is 6.54 Å². The highest BCUT2D eigenvalue weighted by Crippen LogP contribution is 2.12. The monoisotopic (exact) mass is 238 g/mol. The lowest BCUT2D eigenvalue weighted by atomic mass is 9.83. The van der Waals surface area contributed by atoms with Crippen LogP contribution in [0.2, 0.25) is 0 Å². The average Bonchev–Trinajstić information content (AvgIpc) is 2.72. The van der Waals surface area contributed by atoms with Crippen LogP contribution in [0.15, 0.2) is 30.6 Å². The summed E-state index contributed by atoms with van der Waals surface area (Å²) in [4.78, 5) is 0. The molecule has 0 bridgehead atoms. The molecule has 0 amide bonds.